The van der Waals surface area contributed by atoms with Crippen LogP contribution in [0.2, 0.25) is 0 Å². The molecule has 0 saturated carbocycles. The zero-order valence-corrected chi connectivity index (χ0v) is 11.2. The van der Waals surface area contributed by atoms with Crippen LogP contribution in [0.15, 0.2) is 45.9 Å². The lowest BCUT2D eigenvalue weighted by Gasteiger charge is -2.24. The lowest BCUT2D eigenvalue weighted by atomic mass is 9.92. The van der Waals surface area contributed by atoms with Gasteiger partial charge in [-0.1, -0.05) is 29.3 Å². The van der Waals surface area contributed by atoms with Crippen molar-refractivity contribution in [2.45, 2.75) is 32.6 Å². The third-order valence-electron chi connectivity index (χ3n) is 2.93. The van der Waals surface area contributed by atoms with Gasteiger partial charge in [0.2, 0.25) is 0 Å². The number of benzene rings is 1. The summed E-state index contributed by atoms with van der Waals surface area (Å²) in [6.45, 7) is 8.86. The van der Waals surface area contributed by atoms with E-state index in [-0.39, 0.29) is 0 Å². The molecule has 0 amide bonds. The molecular formula is C15H18S. The van der Waals surface area contributed by atoms with Gasteiger partial charge in [0.05, 0.1) is 0 Å². The summed E-state index contributed by atoms with van der Waals surface area (Å²) in [7, 11) is 0. The Hall–Kier alpha value is -0.950. The summed E-state index contributed by atoms with van der Waals surface area (Å²) in [6, 6.07) is 8.73. The van der Waals surface area contributed by atoms with Gasteiger partial charge in [-0.05, 0) is 50.5 Å². The van der Waals surface area contributed by atoms with Crippen molar-refractivity contribution < 1.29 is 0 Å². The van der Waals surface area contributed by atoms with E-state index in [4.69, 9.17) is 0 Å². The number of hydrogen-bond donors (Lipinski definition) is 0. The monoisotopic (exact) mass is 230 g/mol. The number of thioether (sulfide) groups is 1. The van der Waals surface area contributed by atoms with E-state index >= 15 is 0 Å². The van der Waals surface area contributed by atoms with Crippen molar-refractivity contribution in [2.75, 3.05) is 5.75 Å². The normalized spacial score (nSPS) is 14.8. The highest BCUT2D eigenvalue weighted by Gasteiger charge is 2.20. The lowest BCUT2D eigenvalue weighted by Crippen LogP contribution is -2.04. The Morgan fingerprint density at radius 3 is 2.31 bits per heavy atom. The molecule has 0 N–H and O–H groups in total. The molecule has 1 aliphatic heterocycles. The summed E-state index contributed by atoms with van der Waals surface area (Å²) in [6.07, 6.45) is 0. The van der Waals surface area contributed by atoms with Crippen LogP contribution < -0.4 is 0 Å². The van der Waals surface area contributed by atoms with Crippen molar-refractivity contribution in [3.05, 3.63) is 46.5 Å². The van der Waals surface area contributed by atoms with Gasteiger partial charge in [-0.15, -0.1) is 11.8 Å². The zero-order valence-electron chi connectivity index (χ0n) is 10.4. The molecule has 1 heterocycles. The van der Waals surface area contributed by atoms with Gasteiger partial charge >= 0.3 is 0 Å². The van der Waals surface area contributed by atoms with Crippen LogP contribution in [0.25, 0.3) is 5.57 Å². The van der Waals surface area contributed by atoms with Crippen LogP contribution in [0.3, 0.4) is 0 Å². The highest BCUT2D eigenvalue weighted by Crippen LogP contribution is 2.42. The summed E-state index contributed by atoms with van der Waals surface area (Å²) in [5.41, 5.74) is 7.26. The van der Waals surface area contributed by atoms with Crippen molar-refractivity contribution in [1.29, 1.82) is 0 Å². The maximum absolute atomic E-state index is 2.24. The van der Waals surface area contributed by atoms with Gasteiger partial charge in [0.15, 0.2) is 0 Å². The van der Waals surface area contributed by atoms with Crippen molar-refractivity contribution in [1.82, 2.24) is 0 Å². The first-order valence-corrected chi connectivity index (χ1v) is 6.66. The van der Waals surface area contributed by atoms with Gasteiger partial charge in [-0.25, -0.2) is 0 Å². The molecule has 16 heavy (non-hydrogen) atoms. The Morgan fingerprint density at radius 2 is 1.69 bits per heavy atom. The number of fused-ring (bicyclic) bond motifs is 1. The van der Waals surface area contributed by atoms with Gasteiger partial charge in [0.1, 0.15) is 0 Å². The second-order valence-corrected chi connectivity index (χ2v) is 5.66. The first-order valence-electron chi connectivity index (χ1n) is 5.67. The van der Waals surface area contributed by atoms with Gasteiger partial charge in [-0.2, -0.15) is 0 Å². The second-order valence-electron chi connectivity index (χ2n) is 4.64. The minimum Gasteiger partial charge on any atom is -0.121 e. The molecule has 0 bridgehead atoms. The van der Waals surface area contributed by atoms with Crippen molar-refractivity contribution >= 4 is 17.3 Å². The van der Waals surface area contributed by atoms with Crippen LogP contribution in [-0.4, -0.2) is 5.75 Å². The maximum atomic E-state index is 2.24. The fourth-order valence-electron chi connectivity index (χ4n) is 2.15. The topological polar surface area (TPSA) is 0 Å². The highest BCUT2D eigenvalue weighted by atomic mass is 32.2. The first kappa shape index (κ1) is 11.5. The summed E-state index contributed by atoms with van der Waals surface area (Å²) in [4.78, 5) is 1.42. The van der Waals surface area contributed by atoms with E-state index in [9.17, 15) is 0 Å². The molecule has 0 radical (unpaired) electrons. The quantitative estimate of drug-likeness (QED) is 0.609. The molecule has 1 aromatic carbocycles. The fourth-order valence-corrected chi connectivity index (χ4v) is 3.38. The standard InChI is InChI=1S/C15H18S/c1-10(2)13-9-16-14-8-6-5-7-12(14)15(13)11(3)4/h5-8H,9H2,1-4H3. The van der Waals surface area contributed by atoms with E-state index in [0.717, 1.165) is 5.75 Å². The predicted molar refractivity (Wildman–Crippen MR) is 73.8 cm³/mol. The molecule has 0 unspecified atom stereocenters. The number of hydrogen-bond acceptors (Lipinski definition) is 1. The van der Waals surface area contributed by atoms with E-state index in [1.807, 2.05) is 11.8 Å². The molecule has 2 rings (SSSR count). The average molecular weight is 230 g/mol. The minimum atomic E-state index is 1.11. The van der Waals surface area contributed by atoms with Crippen LogP contribution in [0.4, 0.5) is 0 Å². The third kappa shape index (κ3) is 1.97. The largest absolute Gasteiger partial charge is 0.121 e. The van der Waals surface area contributed by atoms with Crippen LogP contribution in [0, 0.1) is 0 Å². The first-order chi connectivity index (χ1) is 7.61. The third-order valence-corrected chi connectivity index (χ3v) is 4.03. The van der Waals surface area contributed by atoms with Crippen LogP contribution in [-0.2, 0) is 0 Å². The Morgan fingerprint density at radius 1 is 1.00 bits per heavy atom. The molecule has 1 heteroatoms. The van der Waals surface area contributed by atoms with Gasteiger partial charge in [-0.3, -0.25) is 0 Å². The molecule has 0 saturated heterocycles. The average Bonchev–Trinajstić information content (AvgIpc) is 2.27. The molecule has 1 aliphatic rings. The summed E-state index contributed by atoms with van der Waals surface area (Å²) >= 11 is 1.95. The molecule has 0 atom stereocenters. The highest BCUT2D eigenvalue weighted by molar-refractivity contribution is 7.99. The van der Waals surface area contributed by atoms with Crippen LogP contribution >= 0.6 is 11.8 Å². The minimum absolute atomic E-state index is 1.11. The smallest absolute Gasteiger partial charge is 0.0237 e. The van der Waals surface area contributed by atoms with Crippen LogP contribution in [0.5, 0.6) is 0 Å². The maximum Gasteiger partial charge on any atom is 0.0237 e. The number of allylic oxidation sites excluding steroid dienone is 3. The molecule has 1 aromatic rings. The zero-order chi connectivity index (χ0) is 11.7. The van der Waals surface area contributed by atoms with Crippen molar-refractivity contribution in [3.8, 4) is 0 Å². The van der Waals surface area contributed by atoms with Crippen molar-refractivity contribution in [2.24, 2.45) is 0 Å². The Balaban J connectivity index is 2.68. The predicted octanol–water partition coefficient (Wildman–Crippen LogP) is 4.92. The molecule has 0 aromatic heterocycles. The Kier molecular flexibility index (Phi) is 3.25. The van der Waals surface area contributed by atoms with E-state index < -0.39 is 0 Å². The van der Waals surface area contributed by atoms with Crippen LogP contribution in [0.1, 0.15) is 33.3 Å². The Bertz CT molecular complexity index is 470. The molecular weight excluding hydrogens is 212 g/mol. The molecule has 0 fully saturated rings. The Labute approximate surface area is 102 Å². The summed E-state index contributed by atoms with van der Waals surface area (Å²) in [5, 5.41) is 0. The van der Waals surface area contributed by atoms with Crippen molar-refractivity contribution in [3.63, 3.8) is 0 Å². The van der Waals surface area contributed by atoms with E-state index in [2.05, 4.69) is 52.0 Å². The molecule has 0 aliphatic carbocycles. The van der Waals surface area contributed by atoms with E-state index in [1.54, 1.807) is 0 Å². The summed E-state index contributed by atoms with van der Waals surface area (Å²) < 4.78 is 0. The lowest BCUT2D eigenvalue weighted by molar-refractivity contribution is 1.23. The van der Waals surface area contributed by atoms with Gasteiger partial charge < -0.3 is 0 Å². The molecule has 0 spiro atoms. The SMILES string of the molecule is CC(C)=C1CSc2ccccc2C1=C(C)C. The van der Waals surface area contributed by atoms with E-state index in [1.165, 1.54) is 32.8 Å². The molecule has 0 nitrogen and oxygen atoms in total. The van der Waals surface area contributed by atoms with E-state index in [0.29, 0.717) is 0 Å². The summed E-state index contributed by atoms with van der Waals surface area (Å²) in [5.74, 6) is 1.11. The number of rotatable bonds is 0. The fraction of sp³-hybridized carbons (Fsp3) is 0.333. The van der Waals surface area contributed by atoms with Gasteiger partial charge in [0, 0.05) is 10.6 Å². The van der Waals surface area contributed by atoms with Gasteiger partial charge in [0.25, 0.3) is 0 Å². The second kappa shape index (κ2) is 4.50. The molecule has 84 valence electrons.